The zero-order valence-corrected chi connectivity index (χ0v) is 12.0. The fraction of sp³-hybridized carbons (Fsp3) is 0.357. The molecule has 1 aliphatic carbocycles. The van der Waals surface area contributed by atoms with Crippen molar-refractivity contribution in [3.8, 4) is 0 Å². The standard InChI is InChI=1S/C14H15BrFN3/c15-14-5-12(16)2-1-11(14)9-19-8-10(7-18-19)6-17-13-3-4-13/h1-2,5,7-8,13,17H,3-4,6,9H2. The van der Waals surface area contributed by atoms with Crippen LogP contribution in [0.25, 0.3) is 0 Å². The SMILES string of the molecule is Fc1ccc(Cn2cc(CNC3CC3)cn2)c(Br)c1. The van der Waals surface area contributed by atoms with E-state index in [2.05, 4.69) is 26.3 Å². The number of rotatable bonds is 5. The molecule has 5 heteroatoms. The van der Waals surface area contributed by atoms with Crippen LogP contribution < -0.4 is 5.32 Å². The molecule has 1 saturated carbocycles. The number of halogens is 2. The smallest absolute Gasteiger partial charge is 0.124 e. The Morgan fingerprint density at radius 3 is 3.00 bits per heavy atom. The maximum Gasteiger partial charge on any atom is 0.124 e. The van der Waals surface area contributed by atoms with Crippen LogP contribution in [0.5, 0.6) is 0 Å². The molecule has 1 heterocycles. The zero-order valence-electron chi connectivity index (χ0n) is 10.4. The minimum absolute atomic E-state index is 0.231. The molecule has 1 aliphatic rings. The quantitative estimate of drug-likeness (QED) is 0.916. The van der Waals surface area contributed by atoms with E-state index in [0.717, 1.165) is 16.6 Å². The Labute approximate surface area is 119 Å². The van der Waals surface area contributed by atoms with E-state index < -0.39 is 0 Å². The van der Waals surface area contributed by atoms with Crippen molar-refractivity contribution < 1.29 is 4.39 Å². The summed E-state index contributed by atoms with van der Waals surface area (Å²) in [6.45, 7) is 1.51. The molecule has 0 aliphatic heterocycles. The Morgan fingerprint density at radius 2 is 2.26 bits per heavy atom. The molecule has 0 radical (unpaired) electrons. The maximum absolute atomic E-state index is 13.0. The van der Waals surface area contributed by atoms with E-state index in [1.807, 2.05) is 17.1 Å². The van der Waals surface area contributed by atoms with Gasteiger partial charge < -0.3 is 5.32 Å². The molecule has 0 amide bonds. The molecule has 3 nitrogen and oxygen atoms in total. The first kappa shape index (κ1) is 12.8. The lowest BCUT2D eigenvalue weighted by Gasteiger charge is -2.05. The third-order valence-corrected chi connectivity index (χ3v) is 3.94. The highest BCUT2D eigenvalue weighted by Crippen LogP contribution is 2.20. The third-order valence-electron chi connectivity index (χ3n) is 3.21. The first-order valence-electron chi connectivity index (χ1n) is 6.39. The molecular weight excluding hydrogens is 309 g/mol. The lowest BCUT2D eigenvalue weighted by atomic mass is 10.2. The minimum atomic E-state index is -0.231. The summed E-state index contributed by atoms with van der Waals surface area (Å²) < 4.78 is 15.7. The highest BCUT2D eigenvalue weighted by Gasteiger charge is 2.20. The molecule has 0 unspecified atom stereocenters. The molecule has 2 aromatic rings. The van der Waals surface area contributed by atoms with E-state index >= 15 is 0 Å². The van der Waals surface area contributed by atoms with Gasteiger partial charge in [0.15, 0.2) is 0 Å². The van der Waals surface area contributed by atoms with Crippen molar-refractivity contribution in [2.45, 2.75) is 32.0 Å². The van der Waals surface area contributed by atoms with Crippen LogP contribution in [0.15, 0.2) is 35.1 Å². The number of nitrogens with zero attached hydrogens (tertiary/aromatic N) is 2. The van der Waals surface area contributed by atoms with Crippen molar-refractivity contribution in [2.24, 2.45) is 0 Å². The van der Waals surface area contributed by atoms with E-state index in [-0.39, 0.29) is 5.82 Å². The van der Waals surface area contributed by atoms with Crippen molar-refractivity contribution in [1.29, 1.82) is 0 Å². The van der Waals surface area contributed by atoms with Crippen LogP contribution >= 0.6 is 15.9 Å². The van der Waals surface area contributed by atoms with Gasteiger partial charge in [0.1, 0.15) is 5.82 Å². The fourth-order valence-corrected chi connectivity index (χ4v) is 2.43. The van der Waals surface area contributed by atoms with Crippen molar-refractivity contribution in [3.05, 3.63) is 52.0 Å². The van der Waals surface area contributed by atoms with Crippen LogP contribution in [0.3, 0.4) is 0 Å². The Hall–Kier alpha value is -1.20. The lowest BCUT2D eigenvalue weighted by Crippen LogP contribution is -2.14. The van der Waals surface area contributed by atoms with Gasteiger partial charge >= 0.3 is 0 Å². The largest absolute Gasteiger partial charge is 0.310 e. The van der Waals surface area contributed by atoms with Crippen LogP contribution in [0.4, 0.5) is 4.39 Å². The summed E-state index contributed by atoms with van der Waals surface area (Å²) in [5.74, 6) is -0.231. The van der Waals surface area contributed by atoms with E-state index in [4.69, 9.17) is 0 Å². The van der Waals surface area contributed by atoms with Gasteiger partial charge in [0.2, 0.25) is 0 Å². The van der Waals surface area contributed by atoms with Gasteiger partial charge in [0.25, 0.3) is 0 Å². The predicted molar refractivity (Wildman–Crippen MR) is 75.3 cm³/mol. The molecule has 100 valence electrons. The van der Waals surface area contributed by atoms with Gasteiger partial charge in [-0.2, -0.15) is 5.10 Å². The fourth-order valence-electron chi connectivity index (χ4n) is 1.96. The van der Waals surface area contributed by atoms with Gasteiger partial charge in [-0.3, -0.25) is 4.68 Å². The second kappa shape index (κ2) is 5.43. The van der Waals surface area contributed by atoms with Crippen molar-refractivity contribution in [1.82, 2.24) is 15.1 Å². The van der Waals surface area contributed by atoms with Crippen molar-refractivity contribution >= 4 is 15.9 Å². The van der Waals surface area contributed by atoms with E-state index in [0.29, 0.717) is 12.6 Å². The minimum Gasteiger partial charge on any atom is -0.310 e. The maximum atomic E-state index is 13.0. The molecule has 0 spiro atoms. The number of hydrogen-bond donors (Lipinski definition) is 1. The zero-order chi connectivity index (χ0) is 13.2. The Balaban J connectivity index is 1.65. The normalized spacial score (nSPS) is 14.8. The van der Waals surface area contributed by atoms with Crippen molar-refractivity contribution in [3.63, 3.8) is 0 Å². The van der Waals surface area contributed by atoms with Crippen LogP contribution in [0.1, 0.15) is 24.0 Å². The molecular formula is C14H15BrFN3. The van der Waals surface area contributed by atoms with Crippen LogP contribution in [-0.2, 0) is 13.1 Å². The number of aromatic nitrogens is 2. The second-order valence-electron chi connectivity index (χ2n) is 4.94. The topological polar surface area (TPSA) is 29.9 Å². The van der Waals surface area contributed by atoms with E-state index in [9.17, 15) is 4.39 Å². The van der Waals surface area contributed by atoms with Gasteiger partial charge in [-0.05, 0) is 30.5 Å². The summed E-state index contributed by atoms with van der Waals surface area (Å²) in [6.07, 6.45) is 6.49. The first-order valence-corrected chi connectivity index (χ1v) is 7.18. The summed E-state index contributed by atoms with van der Waals surface area (Å²) in [7, 11) is 0. The summed E-state index contributed by atoms with van der Waals surface area (Å²) in [5.41, 5.74) is 2.20. The molecule has 0 saturated heterocycles. The van der Waals surface area contributed by atoms with E-state index in [1.54, 1.807) is 6.07 Å². The average Bonchev–Trinajstić information content (AvgIpc) is 3.10. The van der Waals surface area contributed by atoms with Gasteiger partial charge in [-0.15, -0.1) is 0 Å². The van der Waals surface area contributed by atoms with Gasteiger partial charge in [0, 0.05) is 28.8 Å². The van der Waals surface area contributed by atoms with Crippen LogP contribution in [0.2, 0.25) is 0 Å². The van der Waals surface area contributed by atoms with Gasteiger partial charge in [0.05, 0.1) is 12.7 Å². The summed E-state index contributed by atoms with van der Waals surface area (Å²) in [6, 6.07) is 5.44. The molecule has 3 rings (SSSR count). The molecule has 1 N–H and O–H groups in total. The van der Waals surface area contributed by atoms with Gasteiger partial charge in [-0.25, -0.2) is 4.39 Å². The molecule has 1 aromatic carbocycles. The van der Waals surface area contributed by atoms with Crippen LogP contribution in [0, 0.1) is 5.82 Å². The second-order valence-corrected chi connectivity index (χ2v) is 5.79. The summed E-state index contributed by atoms with van der Waals surface area (Å²) >= 11 is 3.38. The molecule has 1 fully saturated rings. The summed E-state index contributed by atoms with van der Waals surface area (Å²) in [5, 5.41) is 7.79. The number of hydrogen-bond acceptors (Lipinski definition) is 2. The Kier molecular flexibility index (Phi) is 3.66. The molecule has 19 heavy (non-hydrogen) atoms. The van der Waals surface area contributed by atoms with E-state index in [1.165, 1.54) is 30.5 Å². The Bertz CT molecular complexity index is 578. The monoisotopic (exact) mass is 323 g/mol. The van der Waals surface area contributed by atoms with Crippen molar-refractivity contribution in [2.75, 3.05) is 0 Å². The third kappa shape index (κ3) is 3.42. The molecule has 0 atom stereocenters. The highest BCUT2D eigenvalue weighted by atomic mass is 79.9. The summed E-state index contributed by atoms with van der Waals surface area (Å²) in [4.78, 5) is 0. The first-order chi connectivity index (χ1) is 9.20. The number of benzene rings is 1. The highest BCUT2D eigenvalue weighted by molar-refractivity contribution is 9.10. The Morgan fingerprint density at radius 1 is 1.42 bits per heavy atom. The number of nitrogens with one attached hydrogen (secondary N) is 1. The molecule has 1 aromatic heterocycles. The average molecular weight is 324 g/mol. The molecule has 0 bridgehead atoms. The lowest BCUT2D eigenvalue weighted by molar-refractivity contribution is 0.623. The van der Waals surface area contributed by atoms with Crippen LogP contribution in [-0.4, -0.2) is 15.8 Å². The van der Waals surface area contributed by atoms with Gasteiger partial charge in [-0.1, -0.05) is 22.0 Å². The predicted octanol–water partition coefficient (Wildman–Crippen LogP) is 3.09.